The van der Waals surface area contributed by atoms with E-state index in [0.29, 0.717) is 19.2 Å². The summed E-state index contributed by atoms with van der Waals surface area (Å²) in [5.41, 5.74) is 0.132. The molecule has 0 bridgehead atoms. The monoisotopic (exact) mass is 273 g/mol. The molecule has 2 atom stereocenters. The van der Waals surface area contributed by atoms with E-state index in [4.69, 9.17) is 4.74 Å². The van der Waals surface area contributed by atoms with Crippen molar-refractivity contribution in [3.63, 3.8) is 0 Å². The van der Waals surface area contributed by atoms with Gasteiger partial charge in [-0.2, -0.15) is 0 Å². The number of halogens is 3. The molecule has 1 heterocycles. The lowest BCUT2D eigenvalue weighted by atomic mass is 9.95. The fourth-order valence-electron chi connectivity index (χ4n) is 2.47. The van der Waals surface area contributed by atoms with Crippen LogP contribution in [0.5, 0.6) is 0 Å². The van der Waals surface area contributed by atoms with Gasteiger partial charge >= 0.3 is 0 Å². The molecule has 0 radical (unpaired) electrons. The molecule has 1 aliphatic heterocycles. The molecule has 0 spiro atoms. The van der Waals surface area contributed by atoms with E-state index in [1.807, 2.05) is 6.92 Å². The summed E-state index contributed by atoms with van der Waals surface area (Å²) in [5, 5.41) is 3.10. The predicted molar refractivity (Wildman–Crippen MR) is 66.3 cm³/mol. The number of likely N-dealkylation sites (N-methyl/N-ethyl adjacent to an activating group) is 1. The Kier molecular flexibility index (Phi) is 4.82. The third kappa shape index (κ3) is 3.28. The number of benzene rings is 1. The van der Waals surface area contributed by atoms with Crippen molar-refractivity contribution in [2.75, 3.05) is 13.2 Å². The van der Waals surface area contributed by atoms with Crippen molar-refractivity contribution < 1.29 is 17.9 Å². The number of hydrogen-bond acceptors (Lipinski definition) is 2. The van der Waals surface area contributed by atoms with Crippen molar-refractivity contribution in [1.29, 1.82) is 0 Å². The van der Waals surface area contributed by atoms with Crippen molar-refractivity contribution in [3.05, 3.63) is 35.1 Å². The van der Waals surface area contributed by atoms with Crippen LogP contribution in [0.3, 0.4) is 0 Å². The van der Waals surface area contributed by atoms with Crippen molar-refractivity contribution in [3.8, 4) is 0 Å². The minimum Gasteiger partial charge on any atom is -0.376 e. The molecule has 19 heavy (non-hydrogen) atoms. The molecule has 0 amide bonds. The molecule has 0 aromatic heterocycles. The van der Waals surface area contributed by atoms with Crippen LogP contribution >= 0.6 is 0 Å². The van der Waals surface area contributed by atoms with Gasteiger partial charge in [-0.3, -0.25) is 0 Å². The van der Waals surface area contributed by atoms with E-state index in [0.717, 1.165) is 25.3 Å². The van der Waals surface area contributed by atoms with E-state index in [2.05, 4.69) is 5.32 Å². The highest BCUT2D eigenvalue weighted by Crippen LogP contribution is 2.29. The second-order valence-electron chi connectivity index (χ2n) is 4.73. The van der Waals surface area contributed by atoms with Gasteiger partial charge in [0.25, 0.3) is 0 Å². The molecule has 1 aromatic carbocycles. The molecular weight excluding hydrogens is 255 g/mol. The summed E-state index contributed by atoms with van der Waals surface area (Å²) in [7, 11) is 0. The van der Waals surface area contributed by atoms with Gasteiger partial charge in [-0.15, -0.1) is 0 Å². The first-order valence-corrected chi connectivity index (χ1v) is 6.63. The van der Waals surface area contributed by atoms with Gasteiger partial charge in [0.15, 0.2) is 11.6 Å². The molecule has 0 aliphatic carbocycles. The molecule has 5 heteroatoms. The second-order valence-corrected chi connectivity index (χ2v) is 4.73. The van der Waals surface area contributed by atoms with E-state index in [1.165, 1.54) is 0 Å². The van der Waals surface area contributed by atoms with Crippen LogP contribution in [0.4, 0.5) is 13.2 Å². The van der Waals surface area contributed by atoms with E-state index in [1.54, 1.807) is 0 Å². The third-order valence-corrected chi connectivity index (χ3v) is 3.39. The largest absolute Gasteiger partial charge is 0.376 e. The van der Waals surface area contributed by atoms with Gasteiger partial charge in [0.2, 0.25) is 0 Å². The zero-order valence-electron chi connectivity index (χ0n) is 10.9. The fraction of sp³-hybridized carbons (Fsp3) is 0.571. The lowest BCUT2D eigenvalue weighted by Crippen LogP contribution is -2.36. The van der Waals surface area contributed by atoms with Gasteiger partial charge < -0.3 is 10.1 Å². The molecule has 106 valence electrons. The van der Waals surface area contributed by atoms with Crippen LogP contribution in [0.15, 0.2) is 12.1 Å². The zero-order valence-corrected chi connectivity index (χ0v) is 10.9. The van der Waals surface area contributed by atoms with Crippen LogP contribution in [0.1, 0.15) is 37.8 Å². The molecule has 1 aliphatic rings. The highest BCUT2D eigenvalue weighted by molar-refractivity contribution is 5.24. The van der Waals surface area contributed by atoms with Gasteiger partial charge in [-0.05, 0) is 31.9 Å². The Morgan fingerprint density at radius 1 is 1.21 bits per heavy atom. The SMILES string of the molecule is CCNC(c1cc(F)c(F)cc1F)C1CCCCO1. The van der Waals surface area contributed by atoms with Crippen LogP contribution in [-0.2, 0) is 4.74 Å². The molecule has 0 saturated carbocycles. The first kappa shape index (κ1) is 14.3. The van der Waals surface area contributed by atoms with Gasteiger partial charge in [0.05, 0.1) is 12.1 Å². The van der Waals surface area contributed by atoms with Gasteiger partial charge in [-0.1, -0.05) is 6.92 Å². The zero-order chi connectivity index (χ0) is 13.8. The Morgan fingerprint density at radius 2 is 1.95 bits per heavy atom. The average Bonchev–Trinajstić information content (AvgIpc) is 2.42. The smallest absolute Gasteiger partial charge is 0.161 e. The van der Waals surface area contributed by atoms with Crippen LogP contribution in [0, 0.1) is 17.5 Å². The highest BCUT2D eigenvalue weighted by atomic mass is 19.2. The number of hydrogen-bond donors (Lipinski definition) is 1. The van der Waals surface area contributed by atoms with Crippen LogP contribution in [0.2, 0.25) is 0 Å². The van der Waals surface area contributed by atoms with Gasteiger partial charge in [0, 0.05) is 18.2 Å². The summed E-state index contributed by atoms with van der Waals surface area (Å²) in [4.78, 5) is 0. The molecule has 1 saturated heterocycles. The maximum absolute atomic E-state index is 13.9. The van der Waals surface area contributed by atoms with E-state index in [-0.39, 0.29) is 11.7 Å². The van der Waals surface area contributed by atoms with Gasteiger partial charge in [-0.25, -0.2) is 13.2 Å². The summed E-state index contributed by atoms with van der Waals surface area (Å²) < 4.78 is 45.8. The van der Waals surface area contributed by atoms with Crippen molar-refractivity contribution in [2.45, 2.75) is 38.3 Å². The van der Waals surface area contributed by atoms with Crippen molar-refractivity contribution in [2.24, 2.45) is 0 Å². The Labute approximate surface area is 111 Å². The lowest BCUT2D eigenvalue weighted by Gasteiger charge is -2.31. The highest BCUT2D eigenvalue weighted by Gasteiger charge is 2.28. The first-order chi connectivity index (χ1) is 9.13. The Morgan fingerprint density at radius 3 is 2.58 bits per heavy atom. The standard InChI is InChI=1S/C14H18F3NO/c1-2-18-14(13-5-3-4-6-19-13)9-7-11(16)12(17)8-10(9)15/h7-8,13-14,18H,2-6H2,1H3. The van der Waals surface area contributed by atoms with Gasteiger partial charge in [0.1, 0.15) is 5.82 Å². The summed E-state index contributed by atoms with van der Waals surface area (Å²) in [6, 6.07) is 1.08. The molecule has 1 N–H and O–H groups in total. The molecule has 2 nitrogen and oxygen atoms in total. The van der Waals surface area contributed by atoms with E-state index >= 15 is 0 Å². The minimum absolute atomic E-state index is 0.132. The average molecular weight is 273 g/mol. The third-order valence-electron chi connectivity index (χ3n) is 3.39. The molecule has 2 rings (SSSR count). The molecule has 1 aromatic rings. The van der Waals surface area contributed by atoms with Crippen molar-refractivity contribution in [1.82, 2.24) is 5.32 Å². The van der Waals surface area contributed by atoms with Crippen LogP contribution in [0.25, 0.3) is 0 Å². The molecule has 1 fully saturated rings. The maximum atomic E-state index is 13.9. The number of ether oxygens (including phenoxy) is 1. The summed E-state index contributed by atoms with van der Waals surface area (Å²) in [5.74, 6) is -2.94. The Hall–Kier alpha value is -1.07. The number of nitrogens with one attached hydrogen (secondary N) is 1. The first-order valence-electron chi connectivity index (χ1n) is 6.63. The fourth-order valence-corrected chi connectivity index (χ4v) is 2.47. The molecular formula is C14H18F3NO. The summed E-state index contributed by atoms with van der Waals surface area (Å²) in [6.45, 7) is 3.11. The van der Waals surface area contributed by atoms with Crippen molar-refractivity contribution >= 4 is 0 Å². The van der Waals surface area contributed by atoms with Crippen LogP contribution in [-0.4, -0.2) is 19.3 Å². The normalized spacial score (nSPS) is 21.4. The quantitative estimate of drug-likeness (QED) is 0.850. The summed E-state index contributed by atoms with van der Waals surface area (Å²) in [6.07, 6.45) is 2.57. The number of rotatable bonds is 4. The second kappa shape index (κ2) is 6.39. The topological polar surface area (TPSA) is 21.3 Å². The predicted octanol–water partition coefficient (Wildman–Crippen LogP) is 3.32. The summed E-state index contributed by atoms with van der Waals surface area (Å²) >= 11 is 0. The van der Waals surface area contributed by atoms with E-state index < -0.39 is 23.5 Å². The Balaban J connectivity index is 2.29. The Bertz CT molecular complexity index is 433. The lowest BCUT2D eigenvalue weighted by molar-refractivity contribution is -0.00865. The van der Waals surface area contributed by atoms with Crippen LogP contribution < -0.4 is 5.32 Å². The molecule has 2 unspecified atom stereocenters. The maximum Gasteiger partial charge on any atom is 0.161 e. The van der Waals surface area contributed by atoms with E-state index in [9.17, 15) is 13.2 Å². The minimum atomic E-state index is -1.17.